The van der Waals surface area contributed by atoms with Gasteiger partial charge in [-0.15, -0.1) is 0 Å². The topological polar surface area (TPSA) is 20.2 Å². The first-order chi connectivity index (χ1) is 9.58. The third-order valence-electron chi connectivity index (χ3n) is 3.42. The van der Waals surface area contributed by atoms with E-state index in [4.69, 9.17) is 0 Å². The van der Waals surface area contributed by atoms with Gasteiger partial charge in [0, 0.05) is 11.1 Å². The predicted molar refractivity (Wildman–Crippen MR) is 83.3 cm³/mol. The van der Waals surface area contributed by atoms with E-state index >= 15 is 0 Å². The first-order valence-corrected chi connectivity index (χ1v) is 7.48. The zero-order valence-electron chi connectivity index (χ0n) is 11.4. The number of aliphatic hydroxyl groups is 1. The molecule has 1 unspecified atom stereocenters. The maximum Gasteiger partial charge on any atom is 0.126 e. The van der Waals surface area contributed by atoms with Crippen molar-refractivity contribution in [3.05, 3.63) is 69.4 Å². The molecule has 0 spiro atoms. The summed E-state index contributed by atoms with van der Waals surface area (Å²) < 4.78 is 14.6. The fourth-order valence-corrected chi connectivity index (χ4v) is 2.68. The van der Waals surface area contributed by atoms with E-state index in [0.717, 1.165) is 10.9 Å². The number of aryl methyl sites for hydroxylation is 1. The van der Waals surface area contributed by atoms with Crippen molar-refractivity contribution < 1.29 is 9.50 Å². The van der Waals surface area contributed by atoms with E-state index in [1.54, 1.807) is 12.1 Å². The third-order valence-corrected chi connectivity index (χ3v) is 3.91. The summed E-state index contributed by atoms with van der Waals surface area (Å²) in [6, 6.07) is 13.2. The fraction of sp³-hybridized carbons (Fsp3) is 0.294. The molecule has 20 heavy (non-hydrogen) atoms. The molecule has 0 aliphatic heterocycles. The standard InChI is InChI=1S/C17H18BrFO/c1-12-2-4-13(5-3-12)8-14(11-20)9-15-10-16(18)6-7-17(15)19/h2-7,10,14,20H,8-9,11H2,1H3. The second-order valence-corrected chi connectivity index (χ2v) is 6.09. The van der Waals surface area contributed by atoms with Gasteiger partial charge in [-0.2, -0.15) is 0 Å². The monoisotopic (exact) mass is 336 g/mol. The van der Waals surface area contributed by atoms with Crippen molar-refractivity contribution in [1.82, 2.24) is 0 Å². The highest BCUT2D eigenvalue weighted by Gasteiger charge is 2.13. The van der Waals surface area contributed by atoms with Crippen LogP contribution in [0.15, 0.2) is 46.9 Å². The van der Waals surface area contributed by atoms with Crippen LogP contribution in [0.25, 0.3) is 0 Å². The van der Waals surface area contributed by atoms with Gasteiger partial charge in [-0.25, -0.2) is 4.39 Å². The van der Waals surface area contributed by atoms with Crippen LogP contribution in [-0.4, -0.2) is 11.7 Å². The highest BCUT2D eigenvalue weighted by atomic mass is 79.9. The van der Waals surface area contributed by atoms with Crippen molar-refractivity contribution in [2.75, 3.05) is 6.61 Å². The van der Waals surface area contributed by atoms with Crippen LogP contribution in [0.4, 0.5) is 4.39 Å². The van der Waals surface area contributed by atoms with Crippen LogP contribution in [0.5, 0.6) is 0 Å². The van der Waals surface area contributed by atoms with Crippen molar-refractivity contribution in [2.45, 2.75) is 19.8 Å². The molecular weight excluding hydrogens is 319 g/mol. The minimum atomic E-state index is -0.212. The summed E-state index contributed by atoms with van der Waals surface area (Å²) in [4.78, 5) is 0. The molecule has 2 aromatic rings. The van der Waals surface area contributed by atoms with Gasteiger partial charge in [0.1, 0.15) is 5.82 Å². The van der Waals surface area contributed by atoms with Gasteiger partial charge < -0.3 is 5.11 Å². The molecule has 3 heteroatoms. The van der Waals surface area contributed by atoms with Crippen LogP contribution in [0.1, 0.15) is 16.7 Å². The van der Waals surface area contributed by atoms with Crippen molar-refractivity contribution in [2.24, 2.45) is 5.92 Å². The van der Waals surface area contributed by atoms with Crippen LogP contribution < -0.4 is 0 Å². The number of hydrogen-bond donors (Lipinski definition) is 1. The summed E-state index contributed by atoms with van der Waals surface area (Å²) in [5.74, 6) is -0.183. The van der Waals surface area contributed by atoms with E-state index in [0.29, 0.717) is 12.0 Å². The molecule has 1 N–H and O–H groups in total. The Morgan fingerprint density at radius 2 is 1.80 bits per heavy atom. The van der Waals surface area contributed by atoms with Gasteiger partial charge in [0.25, 0.3) is 0 Å². The number of rotatable bonds is 5. The zero-order chi connectivity index (χ0) is 14.5. The maximum atomic E-state index is 13.8. The highest BCUT2D eigenvalue weighted by Crippen LogP contribution is 2.21. The molecule has 0 radical (unpaired) electrons. The van der Waals surface area contributed by atoms with E-state index < -0.39 is 0 Å². The van der Waals surface area contributed by atoms with Crippen molar-refractivity contribution in [3.63, 3.8) is 0 Å². The Hall–Kier alpha value is -1.19. The molecule has 2 rings (SSSR count). The van der Waals surface area contributed by atoms with Gasteiger partial charge in [0.2, 0.25) is 0 Å². The van der Waals surface area contributed by atoms with Gasteiger partial charge in [0.05, 0.1) is 0 Å². The Labute approximate surface area is 127 Å². The van der Waals surface area contributed by atoms with Crippen LogP contribution >= 0.6 is 15.9 Å². The van der Waals surface area contributed by atoms with E-state index in [2.05, 4.69) is 40.2 Å². The minimum absolute atomic E-state index is 0.0292. The van der Waals surface area contributed by atoms with Gasteiger partial charge >= 0.3 is 0 Å². The van der Waals surface area contributed by atoms with Gasteiger partial charge in [0.15, 0.2) is 0 Å². The fourth-order valence-electron chi connectivity index (χ4n) is 2.27. The third kappa shape index (κ3) is 4.15. The Morgan fingerprint density at radius 3 is 2.45 bits per heavy atom. The molecule has 0 amide bonds. The molecule has 2 aromatic carbocycles. The lowest BCUT2D eigenvalue weighted by Gasteiger charge is -2.15. The lowest BCUT2D eigenvalue weighted by Crippen LogP contribution is -2.14. The average molecular weight is 337 g/mol. The number of benzene rings is 2. The maximum absolute atomic E-state index is 13.8. The van der Waals surface area contributed by atoms with Crippen LogP contribution in [-0.2, 0) is 12.8 Å². The van der Waals surface area contributed by atoms with E-state index in [-0.39, 0.29) is 18.3 Å². The van der Waals surface area contributed by atoms with Crippen LogP contribution in [0.3, 0.4) is 0 Å². The van der Waals surface area contributed by atoms with E-state index in [9.17, 15) is 9.50 Å². The predicted octanol–water partition coefficient (Wildman–Crippen LogP) is 4.29. The Bertz CT molecular complexity index is 566. The summed E-state index contributed by atoms with van der Waals surface area (Å²) in [5.41, 5.74) is 3.03. The molecule has 0 bridgehead atoms. The molecule has 106 valence electrons. The average Bonchev–Trinajstić information content (AvgIpc) is 2.44. The molecule has 0 fully saturated rings. The van der Waals surface area contributed by atoms with Crippen molar-refractivity contribution in [1.29, 1.82) is 0 Å². The number of aliphatic hydroxyl groups excluding tert-OH is 1. The summed E-state index contributed by atoms with van der Waals surface area (Å²) in [6.45, 7) is 2.10. The SMILES string of the molecule is Cc1ccc(CC(CO)Cc2cc(Br)ccc2F)cc1. The number of hydrogen-bond acceptors (Lipinski definition) is 1. The largest absolute Gasteiger partial charge is 0.396 e. The van der Waals surface area contributed by atoms with E-state index in [1.165, 1.54) is 17.2 Å². The highest BCUT2D eigenvalue weighted by molar-refractivity contribution is 9.10. The van der Waals surface area contributed by atoms with Crippen molar-refractivity contribution >= 4 is 15.9 Å². The summed E-state index contributed by atoms with van der Waals surface area (Å²) in [6.07, 6.45) is 1.29. The summed E-state index contributed by atoms with van der Waals surface area (Å²) in [7, 11) is 0. The lowest BCUT2D eigenvalue weighted by atomic mass is 9.93. The second kappa shape index (κ2) is 7.00. The summed E-state index contributed by atoms with van der Waals surface area (Å²) >= 11 is 3.35. The number of halogens is 2. The molecule has 0 aliphatic carbocycles. The molecule has 1 atom stereocenters. The Kier molecular flexibility index (Phi) is 5.32. The van der Waals surface area contributed by atoms with Gasteiger partial charge in [-0.3, -0.25) is 0 Å². The second-order valence-electron chi connectivity index (χ2n) is 5.18. The molecule has 1 nitrogen and oxygen atoms in total. The molecule has 0 heterocycles. The minimum Gasteiger partial charge on any atom is -0.396 e. The Balaban J connectivity index is 2.08. The Morgan fingerprint density at radius 1 is 1.10 bits per heavy atom. The summed E-state index contributed by atoms with van der Waals surface area (Å²) in [5, 5.41) is 9.53. The first-order valence-electron chi connectivity index (χ1n) is 6.69. The van der Waals surface area contributed by atoms with Gasteiger partial charge in [-0.05, 0) is 55.0 Å². The molecule has 0 aromatic heterocycles. The quantitative estimate of drug-likeness (QED) is 0.863. The van der Waals surface area contributed by atoms with E-state index in [1.807, 2.05) is 6.92 Å². The lowest BCUT2D eigenvalue weighted by molar-refractivity contribution is 0.224. The first kappa shape index (κ1) is 15.2. The normalized spacial score (nSPS) is 12.4. The zero-order valence-corrected chi connectivity index (χ0v) is 13.0. The molecule has 0 saturated heterocycles. The molecular formula is C17H18BrFO. The van der Waals surface area contributed by atoms with Gasteiger partial charge in [-0.1, -0.05) is 45.8 Å². The smallest absolute Gasteiger partial charge is 0.126 e. The van der Waals surface area contributed by atoms with Crippen molar-refractivity contribution in [3.8, 4) is 0 Å². The molecule has 0 saturated carbocycles. The van der Waals surface area contributed by atoms with Crippen LogP contribution in [0, 0.1) is 18.7 Å². The molecule has 0 aliphatic rings. The van der Waals surface area contributed by atoms with Crippen LogP contribution in [0.2, 0.25) is 0 Å².